The molecule has 1 aliphatic carbocycles. The second kappa shape index (κ2) is 6.91. The number of aromatic nitrogens is 4. The molecule has 7 heteroatoms. The van der Waals surface area contributed by atoms with Crippen LogP contribution in [0, 0.1) is 0 Å². The van der Waals surface area contributed by atoms with Crippen LogP contribution in [-0.4, -0.2) is 30.2 Å². The molecule has 0 radical (unpaired) electrons. The first-order valence-electron chi connectivity index (χ1n) is 9.38. The van der Waals surface area contributed by atoms with E-state index in [9.17, 15) is 9.59 Å². The number of fused-ring (bicyclic) bond motifs is 3. The lowest BCUT2D eigenvalue weighted by Gasteiger charge is -2.19. The van der Waals surface area contributed by atoms with Gasteiger partial charge in [-0.05, 0) is 37.1 Å². The molecule has 1 saturated carbocycles. The number of nitrogens with zero attached hydrogens (tertiary/aromatic N) is 4. The molecule has 0 spiro atoms. The van der Waals surface area contributed by atoms with Crippen LogP contribution in [0.5, 0.6) is 0 Å². The van der Waals surface area contributed by atoms with Gasteiger partial charge in [-0.1, -0.05) is 48.5 Å². The summed E-state index contributed by atoms with van der Waals surface area (Å²) >= 11 is 1.46. The third-order valence-corrected chi connectivity index (χ3v) is 6.41. The van der Waals surface area contributed by atoms with Crippen LogP contribution in [-0.2, 0) is 4.79 Å². The number of ketones is 1. The molecule has 1 unspecified atom stereocenters. The van der Waals surface area contributed by atoms with E-state index in [4.69, 9.17) is 0 Å². The quantitative estimate of drug-likeness (QED) is 0.534. The Morgan fingerprint density at radius 2 is 1.71 bits per heavy atom. The minimum atomic E-state index is -0.132. The Balaban J connectivity index is 1.77. The highest BCUT2D eigenvalue weighted by atomic mass is 32.2. The molecule has 2 aromatic heterocycles. The minimum Gasteiger partial charge on any atom is -0.298 e. The Kier molecular flexibility index (Phi) is 4.24. The number of hydrogen-bond donors (Lipinski definition) is 0. The van der Waals surface area contributed by atoms with Gasteiger partial charge in [0.2, 0.25) is 5.78 Å². The number of thioether (sulfide) groups is 1. The maximum absolute atomic E-state index is 13.2. The number of benzene rings is 2. The van der Waals surface area contributed by atoms with Crippen LogP contribution in [0.4, 0.5) is 0 Å². The van der Waals surface area contributed by atoms with Crippen LogP contribution in [0.3, 0.4) is 0 Å². The fourth-order valence-corrected chi connectivity index (χ4v) is 4.93. The van der Waals surface area contributed by atoms with Gasteiger partial charge in [-0.2, -0.15) is 0 Å². The highest BCUT2D eigenvalue weighted by molar-refractivity contribution is 8.00. The molecule has 1 atom stereocenters. The number of carbonyl (C=O) groups is 1. The van der Waals surface area contributed by atoms with Crippen LogP contribution < -0.4 is 5.56 Å². The van der Waals surface area contributed by atoms with Crippen molar-refractivity contribution in [2.45, 2.75) is 36.1 Å². The predicted octanol–water partition coefficient (Wildman–Crippen LogP) is 3.64. The number of carbonyl (C=O) groups excluding carboxylic acids is 1. The van der Waals surface area contributed by atoms with Gasteiger partial charge in [-0.15, -0.1) is 10.2 Å². The average Bonchev–Trinajstić information content (AvgIpc) is 3.14. The summed E-state index contributed by atoms with van der Waals surface area (Å²) in [5, 5.41) is 9.85. The van der Waals surface area contributed by atoms with E-state index in [-0.39, 0.29) is 16.6 Å². The summed E-state index contributed by atoms with van der Waals surface area (Å²) in [7, 11) is 0. The van der Waals surface area contributed by atoms with Crippen molar-refractivity contribution in [2.24, 2.45) is 0 Å². The second-order valence-electron chi connectivity index (χ2n) is 6.93. The molecule has 4 aromatic rings. The average molecular weight is 390 g/mol. The third-order valence-electron chi connectivity index (χ3n) is 5.16. The Labute approximate surface area is 165 Å². The number of para-hydroxylation sites is 2. The second-order valence-corrected chi connectivity index (χ2v) is 8.10. The first kappa shape index (κ1) is 17.2. The molecule has 140 valence electrons. The molecule has 0 saturated heterocycles. The van der Waals surface area contributed by atoms with Crippen LogP contribution >= 0.6 is 11.8 Å². The molecule has 5 rings (SSSR count). The van der Waals surface area contributed by atoms with E-state index in [1.54, 1.807) is 4.57 Å². The SMILES string of the molecule is O=C1CCCCC1Sc1nnc2n(-c3ccccc3)c(=O)c3ccccc3n12. The Bertz CT molecular complexity index is 1250. The summed E-state index contributed by atoms with van der Waals surface area (Å²) in [4.78, 5) is 25.5. The molecule has 0 bridgehead atoms. The first-order chi connectivity index (χ1) is 13.7. The van der Waals surface area contributed by atoms with E-state index in [0.29, 0.717) is 22.7 Å². The van der Waals surface area contributed by atoms with E-state index < -0.39 is 0 Å². The Morgan fingerprint density at radius 1 is 0.929 bits per heavy atom. The molecule has 0 aliphatic heterocycles. The summed E-state index contributed by atoms with van der Waals surface area (Å²) in [5.41, 5.74) is 1.36. The lowest BCUT2D eigenvalue weighted by atomic mass is 9.99. The van der Waals surface area contributed by atoms with Gasteiger partial charge in [0.05, 0.1) is 21.8 Å². The van der Waals surface area contributed by atoms with Crippen molar-refractivity contribution >= 4 is 34.2 Å². The van der Waals surface area contributed by atoms with E-state index in [1.165, 1.54) is 11.8 Å². The highest BCUT2D eigenvalue weighted by Crippen LogP contribution is 2.32. The van der Waals surface area contributed by atoms with Crippen molar-refractivity contribution in [3.8, 4) is 5.69 Å². The molecule has 2 aromatic carbocycles. The van der Waals surface area contributed by atoms with Crippen LogP contribution in [0.25, 0.3) is 22.4 Å². The number of Topliss-reactive ketones (excluding diaryl/α,β-unsaturated/α-hetero) is 1. The number of rotatable bonds is 3. The molecule has 1 fully saturated rings. The maximum Gasteiger partial charge on any atom is 0.267 e. The van der Waals surface area contributed by atoms with Crippen molar-refractivity contribution in [3.63, 3.8) is 0 Å². The van der Waals surface area contributed by atoms with Gasteiger partial charge < -0.3 is 0 Å². The summed E-state index contributed by atoms with van der Waals surface area (Å²) in [5.74, 6) is 0.731. The van der Waals surface area contributed by atoms with Crippen molar-refractivity contribution in [3.05, 3.63) is 65.0 Å². The van der Waals surface area contributed by atoms with Crippen molar-refractivity contribution < 1.29 is 4.79 Å². The normalized spacial score (nSPS) is 17.4. The van der Waals surface area contributed by atoms with Gasteiger partial charge in [0.25, 0.3) is 5.56 Å². The van der Waals surface area contributed by atoms with Crippen molar-refractivity contribution in [2.75, 3.05) is 0 Å². The Morgan fingerprint density at radius 3 is 2.54 bits per heavy atom. The van der Waals surface area contributed by atoms with Gasteiger partial charge in [0, 0.05) is 6.42 Å². The zero-order valence-electron chi connectivity index (χ0n) is 15.1. The maximum atomic E-state index is 13.2. The van der Waals surface area contributed by atoms with E-state index in [2.05, 4.69) is 10.2 Å². The van der Waals surface area contributed by atoms with Gasteiger partial charge >= 0.3 is 0 Å². The van der Waals surface area contributed by atoms with Crippen molar-refractivity contribution in [1.82, 2.24) is 19.2 Å². The molecular weight excluding hydrogens is 372 g/mol. The summed E-state index contributed by atoms with van der Waals surface area (Å²) in [6.07, 6.45) is 3.50. The number of hydrogen-bond acceptors (Lipinski definition) is 5. The third kappa shape index (κ3) is 2.74. The van der Waals surface area contributed by atoms with Crippen LogP contribution in [0.1, 0.15) is 25.7 Å². The topological polar surface area (TPSA) is 69.3 Å². The molecule has 6 nitrogen and oxygen atoms in total. The van der Waals surface area contributed by atoms with E-state index >= 15 is 0 Å². The molecular formula is C21H18N4O2S. The van der Waals surface area contributed by atoms with Crippen LogP contribution in [0.2, 0.25) is 0 Å². The zero-order valence-corrected chi connectivity index (χ0v) is 15.9. The van der Waals surface area contributed by atoms with E-state index in [0.717, 1.165) is 30.5 Å². The lowest BCUT2D eigenvalue weighted by Crippen LogP contribution is -2.23. The summed E-state index contributed by atoms with van der Waals surface area (Å²) < 4.78 is 3.48. The summed E-state index contributed by atoms with van der Waals surface area (Å²) in [6, 6.07) is 16.9. The largest absolute Gasteiger partial charge is 0.298 e. The molecule has 28 heavy (non-hydrogen) atoms. The molecule has 0 amide bonds. The fourth-order valence-electron chi connectivity index (χ4n) is 3.77. The predicted molar refractivity (Wildman–Crippen MR) is 109 cm³/mol. The van der Waals surface area contributed by atoms with Gasteiger partial charge in [-0.3, -0.25) is 14.0 Å². The van der Waals surface area contributed by atoms with Gasteiger partial charge in [-0.25, -0.2) is 4.57 Å². The molecule has 1 aliphatic rings. The van der Waals surface area contributed by atoms with E-state index in [1.807, 2.05) is 59.0 Å². The minimum absolute atomic E-state index is 0.1000. The van der Waals surface area contributed by atoms with Crippen molar-refractivity contribution in [1.29, 1.82) is 0 Å². The Hall–Kier alpha value is -2.93. The summed E-state index contributed by atoms with van der Waals surface area (Å²) in [6.45, 7) is 0. The zero-order chi connectivity index (χ0) is 19.1. The molecule has 2 heterocycles. The first-order valence-corrected chi connectivity index (χ1v) is 10.3. The smallest absolute Gasteiger partial charge is 0.267 e. The van der Waals surface area contributed by atoms with Gasteiger partial charge in [0.1, 0.15) is 5.78 Å². The van der Waals surface area contributed by atoms with Crippen LogP contribution in [0.15, 0.2) is 64.5 Å². The monoisotopic (exact) mass is 390 g/mol. The lowest BCUT2D eigenvalue weighted by molar-refractivity contribution is -0.119. The highest BCUT2D eigenvalue weighted by Gasteiger charge is 2.26. The standard InChI is InChI=1S/C21H18N4O2S/c26-17-12-6-7-13-18(17)28-21-23-22-20-24(14-8-2-1-3-9-14)19(27)15-10-4-5-11-16(15)25(20)21/h1-5,8-11,18H,6-7,12-13H2. The van der Waals surface area contributed by atoms with Gasteiger partial charge in [0.15, 0.2) is 5.16 Å². The molecule has 0 N–H and O–H groups in total. The fraction of sp³-hybridized carbons (Fsp3) is 0.238.